The highest BCUT2D eigenvalue weighted by Crippen LogP contribution is 2.19. The first-order chi connectivity index (χ1) is 7.24. The van der Waals surface area contributed by atoms with E-state index in [1.807, 2.05) is 0 Å². The third-order valence-corrected chi connectivity index (χ3v) is 1.91. The molecule has 0 spiro atoms. The molecule has 0 aliphatic carbocycles. The molecule has 0 amide bonds. The highest BCUT2D eigenvalue weighted by atomic mass is 19.1. The lowest BCUT2D eigenvalue weighted by molar-refractivity contribution is 0.475. The minimum absolute atomic E-state index is 0.165. The lowest BCUT2D eigenvalue weighted by Gasteiger charge is -2.05. The number of phenols is 1. The van der Waals surface area contributed by atoms with Crippen LogP contribution in [0.25, 0.3) is 0 Å². The predicted molar refractivity (Wildman–Crippen MR) is 56.6 cm³/mol. The van der Waals surface area contributed by atoms with Crippen molar-refractivity contribution in [2.24, 2.45) is 0 Å². The molecule has 0 heterocycles. The summed E-state index contributed by atoms with van der Waals surface area (Å²) in [5, 5.41) is 12.2. The third kappa shape index (κ3) is 2.47. The zero-order valence-electron chi connectivity index (χ0n) is 7.87. The molecule has 2 nitrogen and oxygen atoms in total. The van der Waals surface area contributed by atoms with E-state index in [0.29, 0.717) is 5.69 Å². The van der Waals surface area contributed by atoms with Gasteiger partial charge >= 0.3 is 0 Å². The second-order valence-corrected chi connectivity index (χ2v) is 3.09. The maximum atomic E-state index is 12.6. The van der Waals surface area contributed by atoms with Crippen molar-refractivity contribution in [3.63, 3.8) is 0 Å². The summed E-state index contributed by atoms with van der Waals surface area (Å²) in [6, 6.07) is 13.6. The molecule has 1 radical (unpaired) electrons. The SMILES string of the molecule is Oc1cc[c]c(Nc2ccc(F)cc2)c1. The molecule has 0 aliphatic heterocycles. The third-order valence-electron chi connectivity index (χ3n) is 1.91. The molecule has 0 unspecified atom stereocenters. The van der Waals surface area contributed by atoms with Crippen molar-refractivity contribution in [3.05, 3.63) is 54.3 Å². The van der Waals surface area contributed by atoms with Crippen LogP contribution in [-0.4, -0.2) is 5.11 Å². The van der Waals surface area contributed by atoms with Crippen LogP contribution in [0.1, 0.15) is 0 Å². The van der Waals surface area contributed by atoms with Gasteiger partial charge in [-0.25, -0.2) is 4.39 Å². The smallest absolute Gasteiger partial charge is 0.123 e. The first kappa shape index (κ1) is 9.52. The van der Waals surface area contributed by atoms with Crippen LogP contribution in [0.4, 0.5) is 15.8 Å². The number of hydrogen-bond acceptors (Lipinski definition) is 2. The minimum atomic E-state index is -0.277. The molecule has 0 saturated heterocycles. The van der Waals surface area contributed by atoms with Crippen molar-refractivity contribution >= 4 is 11.4 Å². The monoisotopic (exact) mass is 202 g/mol. The van der Waals surface area contributed by atoms with Crippen molar-refractivity contribution < 1.29 is 9.50 Å². The van der Waals surface area contributed by atoms with E-state index in [1.165, 1.54) is 18.2 Å². The fourth-order valence-corrected chi connectivity index (χ4v) is 1.22. The quantitative estimate of drug-likeness (QED) is 0.784. The van der Waals surface area contributed by atoms with Crippen LogP contribution in [0, 0.1) is 11.9 Å². The Morgan fingerprint density at radius 2 is 1.87 bits per heavy atom. The van der Waals surface area contributed by atoms with E-state index in [-0.39, 0.29) is 11.6 Å². The summed E-state index contributed by atoms with van der Waals surface area (Å²) in [4.78, 5) is 0. The van der Waals surface area contributed by atoms with Gasteiger partial charge in [0.1, 0.15) is 11.6 Å². The van der Waals surface area contributed by atoms with Crippen molar-refractivity contribution in [2.75, 3.05) is 5.32 Å². The van der Waals surface area contributed by atoms with Crippen LogP contribution in [0.2, 0.25) is 0 Å². The van der Waals surface area contributed by atoms with Crippen LogP contribution >= 0.6 is 0 Å². The normalized spacial score (nSPS) is 9.93. The van der Waals surface area contributed by atoms with Gasteiger partial charge in [0.2, 0.25) is 0 Å². The molecule has 3 heteroatoms. The van der Waals surface area contributed by atoms with E-state index in [9.17, 15) is 9.50 Å². The summed E-state index contributed by atoms with van der Waals surface area (Å²) >= 11 is 0. The van der Waals surface area contributed by atoms with Crippen molar-refractivity contribution in [1.82, 2.24) is 0 Å². The van der Waals surface area contributed by atoms with E-state index in [1.54, 1.807) is 24.3 Å². The topological polar surface area (TPSA) is 32.3 Å². The maximum Gasteiger partial charge on any atom is 0.123 e. The maximum absolute atomic E-state index is 12.6. The minimum Gasteiger partial charge on any atom is -0.508 e. The van der Waals surface area contributed by atoms with Gasteiger partial charge in [-0.2, -0.15) is 0 Å². The molecule has 0 saturated carbocycles. The summed E-state index contributed by atoms with van der Waals surface area (Å²) < 4.78 is 12.6. The molecule has 0 bridgehead atoms. The Morgan fingerprint density at radius 3 is 2.53 bits per heavy atom. The first-order valence-corrected chi connectivity index (χ1v) is 4.47. The molecule has 0 atom stereocenters. The number of anilines is 2. The number of benzene rings is 2. The average Bonchev–Trinajstić information content (AvgIpc) is 2.22. The summed E-state index contributed by atoms with van der Waals surface area (Å²) in [5.74, 6) is -0.112. The molecule has 0 fully saturated rings. The van der Waals surface area contributed by atoms with Crippen LogP contribution < -0.4 is 5.32 Å². The Labute approximate surface area is 87.0 Å². The van der Waals surface area contributed by atoms with Crippen LogP contribution in [0.15, 0.2) is 42.5 Å². The summed E-state index contributed by atoms with van der Waals surface area (Å²) in [6.07, 6.45) is 0. The predicted octanol–water partition coefficient (Wildman–Crippen LogP) is 3.08. The molecule has 75 valence electrons. The van der Waals surface area contributed by atoms with E-state index < -0.39 is 0 Å². The van der Waals surface area contributed by atoms with Gasteiger partial charge in [0.05, 0.1) is 5.69 Å². The van der Waals surface area contributed by atoms with Crippen LogP contribution in [0.5, 0.6) is 5.75 Å². The van der Waals surface area contributed by atoms with Gasteiger partial charge in [0.25, 0.3) is 0 Å². The van der Waals surface area contributed by atoms with Gasteiger partial charge in [0, 0.05) is 17.8 Å². The Balaban J connectivity index is 2.18. The number of hydrogen-bond donors (Lipinski definition) is 2. The standard InChI is InChI=1S/C12H9FNO/c13-9-4-6-10(7-5-9)14-11-2-1-3-12(15)8-11/h1,3-8,14-15H. The number of halogens is 1. The van der Waals surface area contributed by atoms with Gasteiger partial charge in [-0.15, -0.1) is 0 Å². The molecule has 2 N–H and O–H groups in total. The van der Waals surface area contributed by atoms with Gasteiger partial charge in [-0.3, -0.25) is 0 Å². The van der Waals surface area contributed by atoms with Crippen molar-refractivity contribution in [3.8, 4) is 5.75 Å². The highest BCUT2D eigenvalue weighted by Gasteiger charge is 1.96. The lowest BCUT2D eigenvalue weighted by Crippen LogP contribution is -1.89. The Kier molecular flexibility index (Phi) is 2.54. The molecule has 2 rings (SSSR count). The fraction of sp³-hybridized carbons (Fsp3) is 0. The molecule has 2 aromatic rings. The summed E-state index contributed by atoms with van der Waals surface area (Å²) in [6.45, 7) is 0. The van der Waals surface area contributed by atoms with E-state index in [2.05, 4.69) is 11.4 Å². The molecular weight excluding hydrogens is 193 g/mol. The molecule has 15 heavy (non-hydrogen) atoms. The average molecular weight is 202 g/mol. The van der Waals surface area contributed by atoms with Gasteiger partial charge in [0.15, 0.2) is 0 Å². The second kappa shape index (κ2) is 4.00. The Morgan fingerprint density at radius 1 is 1.13 bits per heavy atom. The first-order valence-electron chi connectivity index (χ1n) is 4.47. The van der Waals surface area contributed by atoms with Crippen LogP contribution in [0.3, 0.4) is 0 Å². The lowest BCUT2D eigenvalue weighted by atomic mass is 10.2. The molecular formula is C12H9FNO. The van der Waals surface area contributed by atoms with Gasteiger partial charge < -0.3 is 10.4 Å². The van der Waals surface area contributed by atoms with Crippen LogP contribution in [-0.2, 0) is 0 Å². The largest absolute Gasteiger partial charge is 0.508 e. The summed E-state index contributed by atoms with van der Waals surface area (Å²) in [7, 11) is 0. The molecule has 0 aliphatic rings. The van der Waals surface area contributed by atoms with E-state index >= 15 is 0 Å². The fourth-order valence-electron chi connectivity index (χ4n) is 1.22. The zero-order valence-corrected chi connectivity index (χ0v) is 7.87. The Hall–Kier alpha value is -2.03. The summed E-state index contributed by atoms with van der Waals surface area (Å²) in [5.41, 5.74) is 1.39. The second-order valence-electron chi connectivity index (χ2n) is 3.09. The number of phenolic OH excluding ortho intramolecular Hbond substituents is 1. The van der Waals surface area contributed by atoms with Gasteiger partial charge in [-0.05, 0) is 36.4 Å². The van der Waals surface area contributed by atoms with E-state index in [0.717, 1.165) is 5.69 Å². The van der Waals surface area contributed by atoms with E-state index in [4.69, 9.17) is 0 Å². The zero-order chi connectivity index (χ0) is 10.7. The number of nitrogens with one attached hydrogen (secondary N) is 1. The number of aromatic hydroxyl groups is 1. The van der Waals surface area contributed by atoms with Crippen molar-refractivity contribution in [2.45, 2.75) is 0 Å². The highest BCUT2D eigenvalue weighted by molar-refractivity contribution is 5.60. The van der Waals surface area contributed by atoms with Crippen molar-refractivity contribution in [1.29, 1.82) is 0 Å². The molecule has 0 aromatic heterocycles. The number of rotatable bonds is 2. The Bertz CT molecular complexity index is 453. The van der Waals surface area contributed by atoms with Gasteiger partial charge in [-0.1, -0.05) is 0 Å². The molecule has 2 aromatic carbocycles.